The first kappa shape index (κ1) is 25.9. The van der Waals surface area contributed by atoms with Gasteiger partial charge < -0.3 is 19.0 Å². The van der Waals surface area contributed by atoms with Crippen molar-refractivity contribution < 1.29 is 28.6 Å². The van der Waals surface area contributed by atoms with E-state index in [-0.39, 0.29) is 11.3 Å². The van der Waals surface area contributed by atoms with E-state index in [0.29, 0.717) is 47.5 Å². The van der Waals surface area contributed by atoms with Gasteiger partial charge in [0.15, 0.2) is 0 Å². The lowest BCUT2D eigenvalue weighted by Gasteiger charge is -2.24. The summed E-state index contributed by atoms with van der Waals surface area (Å²) in [7, 11) is 0. The van der Waals surface area contributed by atoms with Gasteiger partial charge in [-0.25, -0.2) is 0 Å². The molecule has 7 nitrogen and oxygen atoms in total. The van der Waals surface area contributed by atoms with Gasteiger partial charge in [0.05, 0.1) is 12.2 Å². The van der Waals surface area contributed by atoms with Crippen LogP contribution in [-0.4, -0.2) is 23.4 Å². The Labute approximate surface area is 226 Å². The van der Waals surface area contributed by atoms with Crippen LogP contribution in [0.3, 0.4) is 0 Å². The molecule has 0 radical (unpaired) electrons. The van der Waals surface area contributed by atoms with Gasteiger partial charge in [0, 0.05) is 17.3 Å². The molecule has 1 fully saturated rings. The molecule has 39 heavy (non-hydrogen) atoms. The van der Waals surface area contributed by atoms with Gasteiger partial charge in [-0.15, -0.1) is 0 Å². The maximum absolute atomic E-state index is 13.4. The first-order valence-corrected chi connectivity index (χ1v) is 12.7. The molecule has 2 heterocycles. The summed E-state index contributed by atoms with van der Waals surface area (Å²) >= 11 is 0. The van der Waals surface area contributed by atoms with Crippen LogP contribution in [0, 0.1) is 13.8 Å². The van der Waals surface area contributed by atoms with Crippen molar-refractivity contribution >= 4 is 23.1 Å². The highest BCUT2D eigenvalue weighted by Crippen LogP contribution is 2.43. The number of anilines is 1. The third-order valence-corrected chi connectivity index (χ3v) is 6.57. The molecular formula is C32H29NO6. The number of hydrogen-bond donors (Lipinski definition) is 1. The van der Waals surface area contributed by atoms with Crippen LogP contribution in [0.4, 0.5) is 5.69 Å². The molecule has 0 saturated carbocycles. The van der Waals surface area contributed by atoms with Gasteiger partial charge in [0.25, 0.3) is 11.7 Å². The fourth-order valence-corrected chi connectivity index (χ4v) is 4.71. The smallest absolute Gasteiger partial charge is 0.300 e. The van der Waals surface area contributed by atoms with Crippen LogP contribution >= 0.6 is 0 Å². The minimum Gasteiger partial charge on any atom is -0.507 e. The number of Topliss-reactive ketones (excluding diaryl/α,β-unsaturated/α-hetero) is 1. The van der Waals surface area contributed by atoms with Crippen molar-refractivity contribution in [2.24, 2.45) is 0 Å². The SMILES string of the molecule is CCOc1cccc(N2C(=O)C(=O)/C(=C(\O)c3ccc(OCc4ccccc4)c(C)c3)C2c2ccc(C)o2)c1. The number of aliphatic hydroxyl groups excluding tert-OH is 1. The number of aryl methyl sites for hydroxylation is 2. The summed E-state index contributed by atoms with van der Waals surface area (Å²) in [6.07, 6.45) is 0. The predicted octanol–water partition coefficient (Wildman–Crippen LogP) is 6.50. The highest BCUT2D eigenvalue weighted by Gasteiger charge is 2.48. The van der Waals surface area contributed by atoms with Gasteiger partial charge in [-0.1, -0.05) is 36.4 Å². The lowest BCUT2D eigenvalue weighted by Crippen LogP contribution is -2.29. The molecule has 1 saturated heterocycles. The summed E-state index contributed by atoms with van der Waals surface area (Å²) in [5.74, 6) is 0.367. The Morgan fingerprint density at radius 2 is 1.72 bits per heavy atom. The van der Waals surface area contributed by atoms with E-state index in [4.69, 9.17) is 13.9 Å². The molecule has 1 N–H and O–H groups in total. The van der Waals surface area contributed by atoms with Crippen molar-refractivity contribution in [1.29, 1.82) is 0 Å². The van der Waals surface area contributed by atoms with Crippen LogP contribution in [0.15, 0.2) is 94.9 Å². The molecule has 198 valence electrons. The van der Waals surface area contributed by atoms with Crippen molar-refractivity contribution in [2.75, 3.05) is 11.5 Å². The number of benzene rings is 3. The number of nitrogens with zero attached hydrogens (tertiary/aromatic N) is 1. The van der Waals surface area contributed by atoms with E-state index < -0.39 is 17.7 Å². The van der Waals surface area contributed by atoms with Crippen molar-refractivity contribution in [1.82, 2.24) is 0 Å². The minimum absolute atomic E-state index is 0.0477. The topological polar surface area (TPSA) is 89.2 Å². The Bertz CT molecular complexity index is 1550. The molecule has 1 unspecified atom stereocenters. The second-order valence-electron chi connectivity index (χ2n) is 9.30. The lowest BCUT2D eigenvalue weighted by atomic mass is 9.98. The zero-order chi connectivity index (χ0) is 27.5. The van der Waals surface area contributed by atoms with Crippen molar-refractivity contribution in [3.63, 3.8) is 0 Å². The molecule has 3 aromatic carbocycles. The van der Waals surface area contributed by atoms with Crippen LogP contribution in [0.2, 0.25) is 0 Å². The van der Waals surface area contributed by atoms with E-state index in [2.05, 4.69) is 0 Å². The Kier molecular flexibility index (Phi) is 7.23. The van der Waals surface area contributed by atoms with E-state index >= 15 is 0 Å². The van der Waals surface area contributed by atoms with E-state index in [1.54, 1.807) is 61.5 Å². The van der Waals surface area contributed by atoms with E-state index in [0.717, 1.165) is 11.1 Å². The number of carbonyl (C=O) groups excluding carboxylic acids is 2. The Morgan fingerprint density at radius 1 is 0.923 bits per heavy atom. The molecule has 1 atom stereocenters. The quantitative estimate of drug-likeness (QED) is 0.161. The molecule has 0 spiro atoms. The second kappa shape index (κ2) is 10.9. The van der Waals surface area contributed by atoms with Crippen molar-refractivity contribution in [3.05, 3.63) is 119 Å². The number of amides is 1. The average Bonchev–Trinajstić information content (AvgIpc) is 3.48. The molecule has 1 amide bonds. The highest BCUT2D eigenvalue weighted by molar-refractivity contribution is 6.51. The third-order valence-electron chi connectivity index (χ3n) is 6.57. The van der Waals surface area contributed by atoms with Gasteiger partial charge in [-0.3, -0.25) is 14.5 Å². The molecule has 1 aromatic heterocycles. The van der Waals surface area contributed by atoms with Gasteiger partial charge in [0.2, 0.25) is 0 Å². The Hall–Kier alpha value is -4.78. The second-order valence-corrected chi connectivity index (χ2v) is 9.30. The first-order chi connectivity index (χ1) is 18.9. The monoisotopic (exact) mass is 523 g/mol. The average molecular weight is 524 g/mol. The third kappa shape index (κ3) is 5.16. The molecule has 1 aliphatic heterocycles. The number of rotatable bonds is 8. The van der Waals surface area contributed by atoms with Crippen LogP contribution in [0.25, 0.3) is 5.76 Å². The van der Waals surface area contributed by atoms with Gasteiger partial charge in [0.1, 0.15) is 41.4 Å². The summed E-state index contributed by atoms with van der Waals surface area (Å²) in [4.78, 5) is 28.1. The largest absolute Gasteiger partial charge is 0.507 e. The maximum atomic E-state index is 13.4. The Morgan fingerprint density at radius 3 is 2.41 bits per heavy atom. The normalized spacial score (nSPS) is 16.5. The molecule has 5 rings (SSSR count). The molecule has 1 aliphatic rings. The number of carbonyl (C=O) groups is 2. The van der Waals surface area contributed by atoms with Crippen LogP contribution < -0.4 is 14.4 Å². The summed E-state index contributed by atoms with van der Waals surface area (Å²) in [5.41, 5.74) is 2.62. The molecule has 0 bridgehead atoms. The van der Waals surface area contributed by atoms with Crippen LogP contribution in [0.1, 0.15) is 41.2 Å². The lowest BCUT2D eigenvalue weighted by molar-refractivity contribution is -0.132. The number of ether oxygens (including phenoxy) is 2. The van der Waals surface area contributed by atoms with Crippen LogP contribution in [0.5, 0.6) is 11.5 Å². The maximum Gasteiger partial charge on any atom is 0.300 e. The van der Waals surface area contributed by atoms with Gasteiger partial charge >= 0.3 is 0 Å². The zero-order valence-electron chi connectivity index (χ0n) is 22.0. The first-order valence-electron chi connectivity index (χ1n) is 12.7. The van der Waals surface area contributed by atoms with Crippen LogP contribution in [-0.2, 0) is 16.2 Å². The number of aliphatic hydroxyl groups is 1. The van der Waals surface area contributed by atoms with Crippen molar-refractivity contribution in [3.8, 4) is 11.5 Å². The number of furan rings is 1. The molecule has 4 aromatic rings. The predicted molar refractivity (Wildman–Crippen MR) is 148 cm³/mol. The minimum atomic E-state index is -0.954. The molecule has 0 aliphatic carbocycles. The highest BCUT2D eigenvalue weighted by atomic mass is 16.5. The van der Waals surface area contributed by atoms with E-state index in [1.165, 1.54) is 4.90 Å². The fourth-order valence-electron chi connectivity index (χ4n) is 4.71. The van der Waals surface area contributed by atoms with Crippen molar-refractivity contribution in [2.45, 2.75) is 33.4 Å². The van der Waals surface area contributed by atoms with E-state index in [9.17, 15) is 14.7 Å². The Balaban J connectivity index is 1.54. The molecular weight excluding hydrogens is 494 g/mol. The number of ketones is 1. The van der Waals surface area contributed by atoms with Gasteiger partial charge in [-0.2, -0.15) is 0 Å². The number of hydrogen-bond acceptors (Lipinski definition) is 6. The fraction of sp³-hybridized carbons (Fsp3) is 0.188. The van der Waals surface area contributed by atoms with Gasteiger partial charge in [-0.05, 0) is 74.4 Å². The standard InChI is InChI=1S/C32H29NO6/c1-4-37-25-12-8-11-24(18-25)33-29(27-15-13-21(3)39-27)28(31(35)32(33)36)30(34)23-14-16-26(20(2)17-23)38-19-22-9-6-5-7-10-22/h5-18,29,34H,4,19H2,1-3H3/b30-28-. The molecule has 7 heteroatoms. The summed E-state index contributed by atoms with van der Waals surface area (Å²) < 4.78 is 17.5. The summed E-state index contributed by atoms with van der Waals surface area (Å²) in [6.45, 7) is 6.36. The summed E-state index contributed by atoms with van der Waals surface area (Å²) in [6, 6.07) is 24.4. The summed E-state index contributed by atoms with van der Waals surface area (Å²) in [5, 5.41) is 11.4. The van der Waals surface area contributed by atoms with E-state index in [1.807, 2.05) is 44.2 Å². The zero-order valence-corrected chi connectivity index (χ0v) is 22.0.